The van der Waals surface area contributed by atoms with Gasteiger partial charge >= 0.3 is 0 Å². The molecular weight excluding hydrogens is 246 g/mol. The lowest BCUT2D eigenvalue weighted by Gasteiger charge is -2.09. The van der Waals surface area contributed by atoms with E-state index in [1.807, 2.05) is 6.07 Å². The molecule has 1 saturated carbocycles. The second-order valence-electron chi connectivity index (χ2n) is 5.12. The summed E-state index contributed by atoms with van der Waals surface area (Å²) >= 11 is 6.22. The molecule has 0 spiro atoms. The van der Waals surface area contributed by atoms with Gasteiger partial charge in [0.25, 0.3) is 0 Å². The van der Waals surface area contributed by atoms with Crippen molar-refractivity contribution >= 4 is 11.6 Å². The molecule has 1 aromatic rings. The second kappa shape index (κ2) is 6.55. The lowest BCUT2D eigenvalue weighted by Crippen LogP contribution is -2.22. The molecule has 1 fully saturated rings. The van der Waals surface area contributed by atoms with Crippen molar-refractivity contribution in [3.63, 3.8) is 0 Å². The standard InChI is InChI=1S/C15H22ClNO/c1-11-9-13(15(16)10-12(11)2)5-7-18-8-6-17-14-3-4-14/h9-10,14,17H,3-8H2,1-2H3. The van der Waals surface area contributed by atoms with E-state index in [0.717, 1.165) is 37.2 Å². The molecule has 2 rings (SSSR count). The summed E-state index contributed by atoms with van der Waals surface area (Å²) in [7, 11) is 0. The zero-order valence-electron chi connectivity index (χ0n) is 11.3. The minimum Gasteiger partial charge on any atom is -0.380 e. The number of hydrogen-bond acceptors (Lipinski definition) is 2. The zero-order valence-corrected chi connectivity index (χ0v) is 12.0. The number of rotatable bonds is 7. The Kier molecular flexibility index (Phi) is 5.04. The van der Waals surface area contributed by atoms with Crippen LogP contribution in [0, 0.1) is 13.8 Å². The molecular formula is C15H22ClNO. The van der Waals surface area contributed by atoms with Gasteiger partial charge in [0, 0.05) is 17.6 Å². The molecule has 0 atom stereocenters. The van der Waals surface area contributed by atoms with Crippen molar-refractivity contribution in [2.45, 2.75) is 39.2 Å². The van der Waals surface area contributed by atoms with Gasteiger partial charge in [0.05, 0.1) is 13.2 Å². The predicted molar refractivity (Wildman–Crippen MR) is 76.5 cm³/mol. The van der Waals surface area contributed by atoms with Gasteiger partial charge in [-0.3, -0.25) is 0 Å². The molecule has 0 aromatic heterocycles. The average Bonchev–Trinajstić information content (AvgIpc) is 3.13. The molecule has 0 saturated heterocycles. The van der Waals surface area contributed by atoms with E-state index < -0.39 is 0 Å². The Morgan fingerprint density at radius 3 is 2.67 bits per heavy atom. The fourth-order valence-electron chi connectivity index (χ4n) is 1.94. The molecule has 0 amide bonds. The van der Waals surface area contributed by atoms with E-state index in [-0.39, 0.29) is 0 Å². The van der Waals surface area contributed by atoms with E-state index >= 15 is 0 Å². The normalized spacial score (nSPS) is 15.1. The fourth-order valence-corrected chi connectivity index (χ4v) is 2.25. The zero-order chi connectivity index (χ0) is 13.0. The second-order valence-corrected chi connectivity index (χ2v) is 5.53. The molecule has 1 aliphatic rings. The molecule has 2 nitrogen and oxygen atoms in total. The summed E-state index contributed by atoms with van der Waals surface area (Å²) in [6.45, 7) is 6.71. The highest BCUT2D eigenvalue weighted by atomic mass is 35.5. The van der Waals surface area contributed by atoms with Gasteiger partial charge in [0.2, 0.25) is 0 Å². The van der Waals surface area contributed by atoms with Gasteiger partial charge in [0.15, 0.2) is 0 Å². The molecule has 0 heterocycles. The van der Waals surface area contributed by atoms with Gasteiger partial charge < -0.3 is 10.1 Å². The van der Waals surface area contributed by atoms with Crippen LogP contribution < -0.4 is 5.32 Å². The van der Waals surface area contributed by atoms with Crippen LogP contribution >= 0.6 is 11.6 Å². The van der Waals surface area contributed by atoms with Crippen molar-refractivity contribution in [1.82, 2.24) is 5.32 Å². The van der Waals surface area contributed by atoms with E-state index in [0.29, 0.717) is 0 Å². The number of halogens is 1. The Labute approximate surface area is 115 Å². The maximum Gasteiger partial charge on any atom is 0.0591 e. The van der Waals surface area contributed by atoms with E-state index in [1.54, 1.807) is 0 Å². The van der Waals surface area contributed by atoms with Crippen LogP contribution in [0.4, 0.5) is 0 Å². The van der Waals surface area contributed by atoms with Gasteiger partial charge in [-0.05, 0) is 55.9 Å². The van der Waals surface area contributed by atoms with Crippen molar-refractivity contribution in [1.29, 1.82) is 0 Å². The van der Waals surface area contributed by atoms with E-state index in [1.165, 1.54) is 29.5 Å². The quantitative estimate of drug-likeness (QED) is 0.766. The lowest BCUT2D eigenvalue weighted by molar-refractivity contribution is 0.138. The topological polar surface area (TPSA) is 21.3 Å². The lowest BCUT2D eigenvalue weighted by atomic mass is 10.0. The first-order valence-corrected chi connectivity index (χ1v) is 7.11. The molecule has 100 valence electrons. The largest absolute Gasteiger partial charge is 0.380 e. The van der Waals surface area contributed by atoms with Crippen LogP contribution in [-0.2, 0) is 11.2 Å². The van der Waals surface area contributed by atoms with Crippen molar-refractivity contribution in [3.05, 3.63) is 33.8 Å². The first kappa shape index (κ1) is 13.9. The Morgan fingerprint density at radius 1 is 1.22 bits per heavy atom. The Bertz CT molecular complexity index is 402. The Balaban J connectivity index is 1.67. The summed E-state index contributed by atoms with van der Waals surface area (Å²) in [6, 6.07) is 4.98. The smallest absolute Gasteiger partial charge is 0.0591 e. The predicted octanol–water partition coefficient (Wildman–Crippen LogP) is 3.27. The summed E-state index contributed by atoms with van der Waals surface area (Å²) in [5.74, 6) is 0. The average molecular weight is 268 g/mol. The van der Waals surface area contributed by atoms with Crippen LogP contribution in [0.2, 0.25) is 5.02 Å². The number of benzene rings is 1. The Morgan fingerprint density at radius 2 is 1.94 bits per heavy atom. The van der Waals surface area contributed by atoms with Crippen LogP contribution in [0.15, 0.2) is 12.1 Å². The molecule has 1 aliphatic carbocycles. The number of nitrogens with one attached hydrogen (secondary N) is 1. The summed E-state index contributed by atoms with van der Waals surface area (Å²) in [4.78, 5) is 0. The third-order valence-electron chi connectivity index (χ3n) is 3.44. The molecule has 0 radical (unpaired) electrons. The van der Waals surface area contributed by atoms with Crippen LogP contribution in [-0.4, -0.2) is 25.8 Å². The Hall–Kier alpha value is -0.570. The van der Waals surface area contributed by atoms with Gasteiger partial charge in [-0.2, -0.15) is 0 Å². The van der Waals surface area contributed by atoms with Crippen LogP contribution in [0.25, 0.3) is 0 Å². The first-order valence-electron chi connectivity index (χ1n) is 6.73. The third-order valence-corrected chi connectivity index (χ3v) is 3.79. The van der Waals surface area contributed by atoms with Crippen molar-refractivity contribution in [2.24, 2.45) is 0 Å². The van der Waals surface area contributed by atoms with E-state index in [4.69, 9.17) is 16.3 Å². The van der Waals surface area contributed by atoms with Crippen LogP contribution in [0.3, 0.4) is 0 Å². The monoisotopic (exact) mass is 267 g/mol. The van der Waals surface area contributed by atoms with E-state index in [2.05, 4.69) is 25.2 Å². The first-order chi connectivity index (χ1) is 8.66. The summed E-state index contributed by atoms with van der Waals surface area (Å²) in [5.41, 5.74) is 3.73. The molecule has 0 aliphatic heterocycles. The molecule has 0 bridgehead atoms. The fraction of sp³-hybridized carbons (Fsp3) is 0.600. The summed E-state index contributed by atoms with van der Waals surface area (Å²) < 4.78 is 5.62. The van der Waals surface area contributed by atoms with Crippen molar-refractivity contribution in [2.75, 3.05) is 19.8 Å². The van der Waals surface area contributed by atoms with Gasteiger partial charge in [-0.25, -0.2) is 0 Å². The molecule has 18 heavy (non-hydrogen) atoms. The summed E-state index contributed by atoms with van der Waals surface area (Å²) in [5, 5.41) is 4.29. The highest BCUT2D eigenvalue weighted by molar-refractivity contribution is 6.31. The summed E-state index contributed by atoms with van der Waals surface area (Å²) in [6.07, 6.45) is 3.56. The molecule has 1 aromatic carbocycles. The number of ether oxygens (including phenoxy) is 1. The van der Waals surface area contributed by atoms with Gasteiger partial charge in [-0.15, -0.1) is 0 Å². The van der Waals surface area contributed by atoms with Gasteiger partial charge in [-0.1, -0.05) is 17.7 Å². The highest BCUT2D eigenvalue weighted by Crippen LogP contribution is 2.21. The van der Waals surface area contributed by atoms with Crippen LogP contribution in [0.5, 0.6) is 0 Å². The van der Waals surface area contributed by atoms with E-state index in [9.17, 15) is 0 Å². The minimum atomic E-state index is 0.745. The van der Waals surface area contributed by atoms with Crippen LogP contribution in [0.1, 0.15) is 29.5 Å². The van der Waals surface area contributed by atoms with Crippen molar-refractivity contribution in [3.8, 4) is 0 Å². The maximum absolute atomic E-state index is 6.22. The minimum absolute atomic E-state index is 0.745. The molecule has 1 N–H and O–H groups in total. The molecule has 3 heteroatoms. The maximum atomic E-state index is 6.22. The molecule has 0 unspecified atom stereocenters. The highest BCUT2D eigenvalue weighted by Gasteiger charge is 2.19. The van der Waals surface area contributed by atoms with Gasteiger partial charge in [0.1, 0.15) is 0 Å². The van der Waals surface area contributed by atoms with Crippen molar-refractivity contribution < 1.29 is 4.74 Å². The number of aryl methyl sites for hydroxylation is 2. The number of hydrogen-bond donors (Lipinski definition) is 1. The SMILES string of the molecule is Cc1cc(Cl)c(CCOCCNC2CC2)cc1C. The third kappa shape index (κ3) is 4.27.